The van der Waals surface area contributed by atoms with Crippen molar-refractivity contribution < 1.29 is 22.7 Å². The van der Waals surface area contributed by atoms with Crippen LogP contribution in [-0.4, -0.2) is 35.5 Å². The van der Waals surface area contributed by atoms with E-state index in [1.807, 2.05) is 18.7 Å². The number of aromatic nitrogens is 1. The van der Waals surface area contributed by atoms with Crippen molar-refractivity contribution in [2.24, 2.45) is 11.8 Å². The second kappa shape index (κ2) is 7.19. The van der Waals surface area contributed by atoms with Gasteiger partial charge in [-0.15, -0.1) is 0 Å². The third-order valence-electron chi connectivity index (χ3n) is 3.90. The lowest BCUT2D eigenvalue weighted by Crippen LogP contribution is -2.41. The molecule has 1 aliphatic heterocycles. The maximum atomic E-state index is 12.6. The molecule has 0 spiro atoms. The summed E-state index contributed by atoms with van der Waals surface area (Å²) in [6, 6.07) is 3.63. The number of piperidine rings is 1. The number of hydrogen-bond acceptors (Lipinski definition) is 3. The Kier molecular flexibility index (Phi) is 5.49. The van der Waals surface area contributed by atoms with Gasteiger partial charge in [0.15, 0.2) is 0 Å². The van der Waals surface area contributed by atoms with Gasteiger partial charge in [0, 0.05) is 25.1 Å². The SMILES string of the molecule is CC(C)C(=O)N1CCC(COc2cccc(C(F)(F)F)n2)CC1. The predicted molar refractivity (Wildman–Crippen MR) is 78.9 cm³/mol. The molecule has 2 rings (SSSR count). The van der Waals surface area contributed by atoms with E-state index in [4.69, 9.17) is 4.74 Å². The molecule has 1 aromatic heterocycles. The number of rotatable bonds is 4. The molecule has 0 aliphatic carbocycles. The molecule has 1 aromatic rings. The van der Waals surface area contributed by atoms with Crippen molar-refractivity contribution in [1.82, 2.24) is 9.88 Å². The fraction of sp³-hybridized carbons (Fsp3) is 0.625. The van der Waals surface area contributed by atoms with Crippen molar-refractivity contribution in [2.75, 3.05) is 19.7 Å². The molecule has 1 amide bonds. The van der Waals surface area contributed by atoms with Gasteiger partial charge in [-0.3, -0.25) is 4.79 Å². The Labute approximate surface area is 133 Å². The van der Waals surface area contributed by atoms with Crippen LogP contribution in [0.1, 0.15) is 32.4 Å². The Morgan fingerprint density at radius 1 is 1.35 bits per heavy atom. The molecule has 7 heteroatoms. The standard InChI is InChI=1S/C16H21F3N2O2/c1-11(2)15(22)21-8-6-12(7-9-21)10-23-14-5-3-4-13(20-14)16(17,18)19/h3-5,11-12H,6-10H2,1-2H3. The largest absolute Gasteiger partial charge is 0.477 e. The minimum atomic E-state index is -4.47. The summed E-state index contributed by atoms with van der Waals surface area (Å²) in [6.07, 6.45) is -2.89. The Balaban J connectivity index is 1.83. The number of nitrogens with zero attached hydrogens (tertiary/aromatic N) is 2. The number of carbonyl (C=O) groups excluding carboxylic acids is 1. The monoisotopic (exact) mass is 330 g/mol. The number of pyridine rings is 1. The van der Waals surface area contributed by atoms with Gasteiger partial charge in [-0.05, 0) is 24.8 Å². The second-order valence-electron chi connectivity index (χ2n) is 6.09. The first kappa shape index (κ1) is 17.6. The van der Waals surface area contributed by atoms with E-state index < -0.39 is 11.9 Å². The van der Waals surface area contributed by atoms with Gasteiger partial charge in [0.1, 0.15) is 5.69 Å². The third kappa shape index (κ3) is 4.84. The minimum Gasteiger partial charge on any atom is -0.477 e. The van der Waals surface area contributed by atoms with Crippen LogP contribution >= 0.6 is 0 Å². The van der Waals surface area contributed by atoms with E-state index in [0.29, 0.717) is 19.7 Å². The van der Waals surface area contributed by atoms with Crippen LogP contribution in [-0.2, 0) is 11.0 Å². The predicted octanol–water partition coefficient (Wildman–Crippen LogP) is 3.37. The molecular weight excluding hydrogens is 309 g/mol. The highest BCUT2D eigenvalue weighted by molar-refractivity contribution is 5.78. The third-order valence-corrected chi connectivity index (χ3v) is 3.90. The van der Waals surface area contributed by atoms with Crippen LogP contribution in [0, 0.1) is 11.8 Å². The molecule has 0 unspecified atom stereocenters. The zero-order chi connectivity index (χ0) is 17.0. The Hall–Kier alpha value is -1.79. The van der Waals surface area contributed by atoms with Gasteiger partial charge in [0.25, 0.3) is 0 Å². The van der Waals surface area contributed by atoms with Crippen LogP contribution in [0.3, 0.4) is 0 Å². The maximum Gasteiger partial charge on any atom is 0.433 e. The summed E-state index contributed by atoms with van der Waals surface area (Å²) in [5.74, 6) is 0.337. The Bertz CT molecular complexity index is 538. The molecule has 23 heavy (non-hydrogen) atoms. The van der Waals surface area contributed by atoms with E-state index in [2.05, 4.69) is 4.98 Å². The van der Waals surface area contributed by atoms with Gasteiger partial charge in [0.2, 0.25) is 11.8 Å². The molecule has 4 nitrogen and oxygen atoms in total. The zero-order valence-corrected chi connectivity index (χ0v) is 13.3. The average Bonchev–Trinajstić information content (AvgIpc) is 2.52. The molecular formula is C16H21F3N2O2. The molecule has 2 heterocycles. The number of halogens is 3. The van der Waals surface area contributed by atoms with Crippen molar-refractivity contribution in [3.05, 3.63) is 23.9 Å². The first-order chi connectivity index (χ1) is 10.8. The van der Waals surface area contributed by atoms with Crippen LogP contribution in [0.2, 0.25) is 0 Å². The van der Waals surface area contributed by atoms with Crippen LogP contribution in [0.5, 0.6) is 5.88 Å². The zero-order valence-electron chi connectivity index (χ0n) is 13.3. The number of amides is 1. The highest BCUT2D eigenvalue weighted by atomic mass is 19.4. The smallest absolute Gasteiger partial charge is 0.433 e. The summed E-state index contributed by atoms with van der Waals surface area (Å²) in [4.78, 5) is 17.2. The van der Waals surface area contributed by atoms with Gasteiger partial charge in [-0.2, -0.15) is 13.2 Å². The quantitative estimate of drug-likeness (QED) is 0.850. The summed E-state index contributed by atoms with van der Waals surface area (Å²) >= 11 is 0. The molecule has 0 radical (unpaired) electrons. The fourth-order valence-corrected chi connectivity index (χ4v) is 2.54. The summed E-state index contributed by atoms with van der Waals surface area (Å²) in [5, 5.41) is 0. The minimum absolute atomic E-state index is 0.0134. The number of hydrogen-bond donors (Lipinski definition) is 0. The molecule has 1 fully saturated rings. The maximum absolute atomic E-state index is 12.6. The first-order valence-electron chi connectivity index (χ1n) is 7.73. The van der Waals surface area contributed by atoms with E-state index in [9.17, 15) is 18.0 Å². The van der Waals surface area contributed by atoms with Gasteiger partial charge in [-0.25, -0.2) is 4.98 Å². The summed E-state index contributed by atoms with van der Waals surface area (Å²) in [6.45, 7) is 5.40. The molecule has 1 aliphatic rings. The lowest BCUT2D eigenvalue weighted by atomic mass is 9.97. The van der Waals surface area contributed by atoms with E-state index in [1.165, 1.54) is 12.1 Å². The molecule has 0 saturated carbocycles. The highest BCUT2D eigenvalue weighted by Crippen LogP contribution is 2.29. The molecule has 1 saturated heterocycles. The summed E-state index contributed by atoms with van der Waals surface area (Å²) < 4.78 is 43.2. The normalized spacial score (nSPS) is 16.7. The van der Waals surface area contributed by atoms with Gasteiger partial charge in [0.05, 0.1) is 6.61 Å². The van der Waals surface area contributed by atoms with Crippen LogP contribution in [0.15, 0.2) is 18.2 Å². The van der Waals surface area contributed by atoms with Gasteiger partial charge in [-0.1, -0.05) is 19.9 Å². The highest BCUT2D eigenvalue weighted by Gasteiger charge is 2.32. The average molecular weight is 330 g/mol. The first-order valence-corrected chi connectivity index (χ1v) is 7.73. The van der Waals surface area contributed by atoms with E-state index >= 15 is 0 Å². The number of carbonyl (C=O) groups is 1. The molecule has 128 valence electrons. The Morgan fingerprint density at radius 3 is 2.57 bits per heavy atom. The lowest BCUT2D eigenvalue weighted by molar-refractivity contribution is -0.141. The van der Waals surface area contributed by atoms with Crippen LogP contribution in [0.4, 0.5) is 13.2 Å². The summed E-state index contributed by atoms with van der Waals surface area (Å²) in [7, 11) is 0. The molecule has 0 aromatic carbocycles. The molecule has 0 atom stereocenters. The van der Waals surface area contributed by atoms with Crippen molar-refractivity contribution in [3.8, 4) is 5.88 Å². The van der Waals surface area contributed by atoms with E-state index in [-0.39, 0.29) is 23.6 Å². The molecule has 0 bridgehead atoms. The van der Waals surface area contributed by atoms with Crippen LogP contribution in [0.25, 0.3) is 0 Å². The van der Waals surface area contributed by atoms with E-state index in [1.54, 1.807) is 0 Å². The number of ether oxygens (including phenoxy) is 1. The molecule has 0 N–H and O–H groups in total. The van der Waals surface area contributed by atoms with Crippen LogP contribution < -0.4 is 4.74 Å². The second-order valence-corrected chi connectivity index (χ2v) is 6.09. The fourth-order valence-electron chi connectivity index (χ4n) is 2.54. The van der Waals surface area contributed by atoms with E-state index in [0.717, 1.165) is 18.9 Å². The van der Waals surface area contributed by atoms with Crippen molar-refractivity contribution >= 4 is 5.91 Å². The van der Waals surface area contributed by atoms with Gasteiger partial charge < -0.3 is 9.64 Å². The van der Waals surface area contributed by atoms with Crippen molar-refractivity contribution in [3.63, 3.8) is 0 Å². The Morgan fingerprint density at radius 2 is 2.00 bits per heavy atom. The van der Waals surface area contributed by atoms with Crippen molar-refractivity contribution in [1.29, 1.82) is 0 Å². The summed E-state index contributed by atoms with van der Waals surface area (Å²) in [5.41, 5.74) is -0.952. The lowest BCUT2D eigenvalue weighted by Gasteiger charge is -2.32. The van der Waals surface area contributed by atoms with Gasteiger partial charge >= 0.3 is 6.18 Å². The topological polar surface area (TPSA) is 42.4 Å². The number of alkyl halides is 3. The number of likely N-dealkylation sites (tertiary alicyclic amines) is 1. The van der Waals surface area contributed by atoms with Crippen molar-refractivity contribution in [2.45, 2.75) is 32.9 Å².